The smallest absolute Gasteiger partial charge is 0.335 e. The fourth-order valence-electron chi connectivity index (χ4n) is 2.22. The molecule has 0 fully saturated rings. The van der Waals surface area contributed by atoms with Crippen LogP contribution in [0.15, 0.2) is 58.4 Å². The molecular formula is C17H12N4O4. The quantitative estimate of drug-likeness (QED) is 0.490. The lowest BCUT2D eigenvalue weighted by Crippen LogP contribution is -2.22. The van der Waals surface area contributed by atoms with Gasteiger partial charge in [0.05, 0.1) is 17.2 Å². The van der Waals surface area contributed by atoms with Crippen LogP contribution >= 0.6 is 0 Å². The summed E-state index contributed by atoms with van der Waals surface area (Å²) in [6.45, 7) is 0. The second kappa shape index (κ2) is 6.75. The van der Waals surface area contributed by atoms with Crippen molar-refractivity contribution in [3.63, 3.8) is 0 Å². The molecule has 0 atom stereocenters. The first-order valence-electron chi connectivity index (χ1n) is 7.20. The molecular weight excluding hydrogens is 324 g/mol. The molecule has 0 aliphatic rings. The van der Waals surface area contributed by atoms with Crippen molar-refractivity contribution in [1.82, 2.24) is 15.6 Å². The first-order valence-corrected chi connectivity index (χ1v) is 7.20. The number of nitrogens with zero attached hydrogens (tertiary/aromatic N) is 2. The maximum atomic E-state index is 12.2. The van der Waals surface area contributed by atoms with Crippen molar-refractivity contribution < 1.29 is 14.7 Å². The molecule has 2 aromatic carbocycles. The number of nitrogens with one attached hydrogen (secondary N) is 2. The fourth-order valence-corrected chi connectivity index (χ4v) is 2.22. The lowest BCUT2D eigenvalue weighted by atomic mass is 10.1. The predicted octanol–water partition coefficient (Wildman–Crippen LogP) is 1.39. The molecule has 1 heterocycles. The number of aromatic nitrogens is 2. The lowest BCUT2D eigenvalue weighted by molar-refractivity contribution is 0.0696. The first kappa shape index (κ1) is 16.1. The lowest BCUT2D eigenvalue weighted by Gasteiger charge is -2.03. The first-order chi connectivity index (χ1) is 12.1. The molecule has 1 amide bonds. The second-order valence-electron chi connectivity index (χ2n) is 5.07. The number of hydrogen-bond donors (Lipinski definition) is 3. The molecule has 3 aromatic rings. The van der Waals surface area contributed by atoms with Gasteiger partial charge in [-0.3, -0.25) is 9.59 Å². The van der Waals surface area contributed by atoms with E-state index in [2.05, 4.69) is 20.7 Å². The van der Waals surface area contributed by atoms with E-state index in [1.165, 1.54) is 18.3 Å². The maximum Gasteiger partial charge on any atom is 0.335 e. The molecule has 3 rings (SSSR count). The summed E-state index contributed by atoms with van der Waals surface area (Å²) in [5.41, 5.74) is 2.77. The summed E-state index contributed by atoms with van der Waals surface area (Å²) in [5, 5.41) is 19.5. The van der Waals surface area contributed by atoms with Gasteiger partial charge in [0.2, 0.25) is 0 Å². The minimum atomic E-state index is -1.02. The monoisotopic (exact) mass is 336 g/mol. The van der Waals surface area contributed by atoms with Crippen molar-refractivity contribution in [2.75, 3.05) is 0 Å². The third-order valence-electron chi connectivity index (χ3n) is 3.45. The van der Waals surface area contributed by atoms with Gasteiger partial charge < -0.3 is 5.11 Å². The average Bonchev–Trinajstić information content (AvgIpc) is 2.62. The number of fused-ring (bicyclic) bond motifs is 1. The number of benzene rings is 2. The van der Waals surface area contributed by atoms with E-state index < -0.39 is 11.9 Å². The Morgan fingerprint density at radius 3 is 2.44 bits per heavy atom. The van der Waals surface area contributed by atoms with Crippen molar-refractivity contribution in [1.29, 1.82) is 0 Å². The van der Waals surface area contributed by atoms with Crippen LogP contribution in [0.2, 0.25) is 0 Å². The fraction of sp³-hybridized carbons (Fsp3) is 0. The highest BCUT2D eigenvalue weighted by atomic mass is 16.4. The van der Waals surface area contributed by atoms with Crippen LogP contribution in [0.5, 0.6) is 0 Å². The van der Waals surface area contributed by atoms with E-state index in [0.29, 0.717) is 16.3 Å². The number of carbonyl (C=O) groups excluding carboxylic acids is 1. The molecule has 8 nitrogen and oxygen atoms in total. The van der Waals surface area contributed by atoms with Crippen LogP contribution < -0.4 is 11.0 Å². The Bertz CT molecular complexity index is 1040. The molecule has 1 aromatic heterocycles. The maximum absolute atomic E-state index is 12.2. The Kier molecular flexibility index (Phi) is 4.34. The number of carboxylic acids is 1. The van der Waals surface area contributed by atoms with Gasteiger partial charge in [-0.25, -0.2) is 15.3 Å². The zero-order chi connectivity index (χ0) is 17.8. The predicted molar refractivity (Wildman–Crippen MR) is 90.8 cm³/mol. The Labute approximate surface area is 140 Å². The van der Waals surface area contributed by atoms with Crippen LogP contribution in [0.3, 0.4) is 0 Å². The highest BCUT2D eigenvalue weighted by Gasteiger charge is 2.13. The van der Waals surface area contributed by atoms with Crippen molar-refractivity contribution in [2.45, 2.75) is 0 Å². The normalized spacial score (nSPS) is 10.9. The van der Waals surface area contributed by atoms with E-state index in [0.717, 1.165) is 0 Å². The number of hydrazone groups is 1. The largest absolute Gasteiger partial charge is 0.478 e. The van der Waals surface area contributed by atoms with Crippen LogP contribution in [0, 0.1) is 0 Å². The third kappa shape index (κ3) is 3.42. The molecule has 0 spiro atoms. The van der Waals surface area contributed by atoms with E-state index in [1.54, 1.807) is 36.4 Å². The second-order valence-corrected chi connectivity index (χ2v) is 5.07. The van der Waals surface area contributed by atoms with Gasteiger partial charge in [0.1, 0.15) is 0 Å². The van der Waals surface area contributed by atoms with Crippen molar-refractivity contribution >= 4 is 28.9 Å². The van der Waals surface area contributed by atoms with Gasteiger partial charge in [-0.05, 0) is 23.8 Å². The molecule has 0 unspecified atom stereocenters. The number of rotatable bonds is 4. The van der Waals surface area contributed by atoms with Gasteiger partial charge in [0, 0.05) is 5.39 Å². The highest BCUT2D eigenvalue weighted by molar-refractivity contribution is 6.04. The Morgan fingerprint density at radius 2 is 1.76 bits per heavy atom. The van der Waals surface area contributed by atoms with Gasteiger partial charge in [0.15, 0.2) is 5.69 Å². The Balaban J connectivity index is 1.78. The summed E-state index contributed by atoms with van der Waals surface area (Å²) in [5.74, 6) is -1.60. The zero-order valence-electron chi connectivity index (χ0n) is 12.8. The topological polar surface area (TPSA) is 125 Å². The van der Waals surface area contributed by atoms with Gasteiger partial charge in [-0.2, -0.15) is 10.2 Å². The minimum Gasteiger partial charge on any atom is -0.478 e. The summed E-state index contributed by atoms with van der Waals surface area (Å²) in [6, 6.07) is 12.6. The summed E-state index contributed by atoms with van der Waals surface area (Å²) in [6.07, 6.45) is 1.37. The van der Waals surface area contributed by atoms with Crippen molar-refractivity contribution in [2.24, 2.45) is 5.10 Å². The average molecular weight is 336 g/mol. The molecule has 0 bridgehead atoms. The number of carboxylic acid groups (broad SMARTS) is 1. The molecule has 0 aliphatic heterocycles. The molecule has 0 saturated carbocycles. The van der Waals surface area contributed by atoms with Crippen LogP contribution in [-0.4, -0.2) is 33.4 Å². The van der Waals surface area contributed by atoms with E-state index in [9.17, 15) is 14.4 Å². The van der Waals surface area contributed by atoms with Crippen LogP contribution in [0.1, 0.15) is 26.4 Å². The van der Waals surface area contributed by atoms with Crippen LogP contribution in [0.25, 0.3) is 10.8 Å². The van der Waals surface area contributed by atoms with Crippen LogP contribution in [0.4, 0.5) is 0 Å². The van der Waals surface area contributed by atoms with E-state index in [4.69, 9.17) is 5.11 Å². The number of H-pyrrole nitrogens is 1. The molecule has 3 N–H and O–H groups in total. The molecule has 25 heavy (non-hydrogen) atoms. The number of aromatic amines is 1. The number of carbonyl (C=O) groups is 2. The molecule has 0 radical (unpaired) electrons. The van der Waals surface area contributed by atoms with E-state index >= 15 is 0 Å². The van der Waals surface area contributed by atoms with Gasteiger partial charge in [-0.1, -0.05) is 30.3 Å². The summed E-state index contributed by atoms with van der Waals surface area (Å²) < 4.78 is 0. The van der Waals surface area contributed by atoms with E-state index in [1.807, 2.05) is 0 Å². The number of hydrogen-bond acceptors (Lipinski definition) is 5. The SMILES string of the molecule is O=C(O)c1ccc(/C=N/NC(=O)c2n[nH]c(=O)c3ccccc23)cc1. The van der Waals surface area contributed by atoms with Gasteiger partial charge in [-0.15, -0.1) is 0 Å². The molecule has 8 heteroatoms. The zero-order valence-corrected chi connectivity index (χ0v) is 12.8. The highest BCUT2D eigenvalue weighted by Crippen LogP contribution is 2.12. The third-order valence-corrected chi connectivity index (χ3v) is 3.45. The molecule has 0 saturated heterocycles. The number of amides is 1. The summed E-state index contributed by atoms with van der Waals surface area (Å²) in [4.78, 5) is 34.7. The summed E-state index contributed by atoms with van der Waals surface area (Å²) >= 11 is 0. The molecule has 124 valence electrons. The van der Waals surface area contributed by atoms with Gasteiger partial charge >= 0.3 is 5.97 Å². The van der Waals surface area contributed by atoms with Crippen molar-refractivity contribution in [3.8, 4) is 0 Å². The Morgan fingerprint density at radius 1 is 1.08 bits per heavy atom. The summed E-state index contributed by atoms with van der Waals surface area (Å²) in [7, 11) is 0. The van der Waals surface area contributed by atoms with E-state index in [-0.39, 0.29) is 16.8 Å². The molecule has 0 aliphatic carbocycles. The number of aromatic carboxylic acids is 1. The van der Waals surface area contributed by atoms with Crippen LogP contribution in [-0.2, 0) is 0 Å². The van der Waals surface area contributed by atoms with Gasteiger partial charge in [0.25, 0.3) is 11.5 Å². The minimum absolute atomic E-state index is 0.0496. The standard InChI is InChI=1S/C17H12N4O4/c22-15-13-4-2-1-3-12(13)14(19-21-15)16(23)20-18-9-10-5-7-11(8-6-10)17(24)25/h1-9H,(H,20,23)(H,21,22)(H,24,25)/b18-9+. The Hall–Kier alpha value is -3.81. The van der Waals surface area contributed by atoms with Crippen molar-refractivity contribution in [3.05, 3.63) is 75.7 Å².